The molecular formula is C11H14BrClNOP. The average Bonchev–Trinajstić information content (AvgIpc) is 2.51. The Hall–Kier alpha value is 0.570. The van der Waals surface area contributed by atoms with Crippen LogP contribution in [-0.2, 0) is 4.79 Å². The highest BCUT2D eigenvalue weighted by molar-refractivity contribution is 9.11. The molecule has 1 heterocycles. The molecule has 1 aliphatic heterocycles. The smallest absolute Gasteiger partial charge is 0.155 e. The lowest BCUT2D eigenvalue weighted by Crippen LogP contribution is -2.55. The van der Waals surface area contributed by atoms with Crippen molar-refractivity contribution in [1.82, 2.24) is 4.67 Å². The van der Waals surface area contributed by atoms with Crippen LogP contribution in [0.4, 0.5) is 0 Å². The lowest BCUT2D eigenvalue weighted by Gasteiger charge is -2.47. The third kappa shape index (κ3) is 1.35. The highest BCUT2D eigenvalue weighted by Gasteiger charge is 2.61. The van der Waals surface area contributed by atoms with Gasteiger partial charge >= 0.3 is 0 Å². The predicted molar refractivity (Wildman–Crippen MR) is 71.6 cm³/mol. The highest BCUT2D eigenvalue weighted by Crippen LogP contribution is 2.59. The molecule has 0 radical (unpaired) electrons. The molecule has 0 N–H and O–H groups in total. The molecule has 2 fully saturated rings. The molecule has 88 valence electrons. The summed E-state index contributed by atoms with van der Waals surface area (Å²) in [7, 11) is 2.71. The number of ketones is 1. The summed E-state index contributed by atoms with van der Waals surface area (Å²) in [6.45, 7) is 0.542. The fourth-order valence-corrected chi connectivity index (χ4v) is 5.52. The zero-order valence-corrected chi connectivity index (χ0v) is 12.3. The molecule has 0 aromatic heterocycles. The summed E-state index contributed by atoms with van der Waals surface area (Å²) in [5, 5.41) is -0.128. The second-order valence-corrected chi connectivity index (χ2v) is 7.22. The van der Waals surface area contributed by atoms with Gasteiger partial charge in [-0.25, -0.2) is 0 Å². The number of hydrogen-bond acceptors (Lipinski definition) is 2. The number of halogens is 2. The number of piperidine rings is 1. The molecule has 3 rings (SSSR count). The number of Topliss-reactive ketones (excluding diaryl/α,β-unsaturated/α-hetero) is 1. The topological polar surface area (TPSA) is 20.3 Å². The number of hydrogen-bond donors (Lipinski definition) is 0. The van der Waals surface area contributed by atoms with Crippen LogP contribution in [0.25, 0.3) is 0 Å². The minimum absolute atomic E-state index is 0.128. The Morgan fingerprint density at radius 3 is 3.12 bits per heavy atom. The maximum Gasteiger partial charge on any atom is 0.155 e. The van der Waals surface area contributed by atoms with E-state index in [1.54, 1.807) is 0 Å². The monoisotopic (exact) mass is 321 g/mol. The van der Waals surface area contributed by atoms with E-state index < -0.39 is 0 Å². The summed E-state index contributed by atoms with van der Waals surface area (Å²) < 4.78 is 3.29. The molecule has 1 saturated carbocycles. The SMILES string of the molecule is O=C1CN(P)C2CCC13C(Cl)C=C(Br)CC23. The van der Waals surface area contributed by atoms with E-state index in [1.165, 1.54) is 0 Å². The Morgan fingerprint density at radius 2 is 2.38 bits per heavy atom. The number of alkyl halides is 1. The quantitative estimate of drug-likeness (QED) is 0.505. The highest BCUT2D eigenvalue weighted by atomic mass is 79.9. The van der Waals surface area contributed by atoms with E-state index >= 15 is 0 Å². The van der Waals surface area contributed by atoms with E-state index in [0.717, 1.165) is 23.7 Å². The van der Waals surface area contributed by atoms with Gasteiger partial charge < -0.3 is 0 Å². The Balaban J connectivity index is 2.09. The summed E-state index contributed by atoms with van der Waals surface area (Å²) in [6.07, 6.45) is 5.04. The largest absolute Gasteiger partial charge is 0.298 e. The van der Waals surface area contributed by atoms with Crippen LogP contribution in [0.15, 0.2) is 10.6 Å². The van der Waals surface area contributed by atoms with Crippen LogP contribution in [0.1, 0.15) is 19.3 Å². The molecule has 16 heavy (non-hydrogen) atoms. The van der Waals surface area contributed by atoms with E-state index in [1.807, 2.05) is 6.08 Å². The zero-order chi connectivity index (χ0) is 11.5. The minimum atomic E-state index is -0.267. The Bertz CT molecular complexity index is 388. The molecule has 1 saturated heterocycles. The van der Waals surface area contributed by atoms with Gasteiger partial charge in [0.15, 0.2) is 5.78 Å². The summed E-state index contributed by atoms with van der Waals surface area (Å²) >= 11 is 10.0. The first-order chi connectivity index (χ1) is 7.55. The summed E-state index contributed by atoms with van der Waals surface area (Å²) in [5.41, 5.74) is -0.267. The van der Waals surface area contributed by atoms with Gasteiger partial charge in [0, 0.05) is 6.04 Å². The molecule has 2 nitrogen and oxygen atoms in total. The fourth-order valence-electron chi connectivity index (χ4n) is 3.69. The van der Waals surface area contributed by atoms with Crippen molar-refractivity contribution in [3.05, 3.63) is 10.6 Å². The summed E-state index contributed by atoms with van der Waals surface area (Å²) in [4.78, 5) is 12.4. The molecule has 0 amide bonds. The zero-order valence-electron chi connectivity index (χ0n) is 8.83. The molecule has 5 atom stereocenters. The number of nitrogens with zero attached hydrogens (tertiary/aromatic N) is 1. The lowest BCUT2D eigenvalue weighted by molar-refractivity contribution is -0.134. The molecule has 0 spiro atoms. The van der Waals surface area contributed by atoms with Crippen molar-refractivity contribution in [3.63, 3.8) is 0 Å². The normalized spacial score (nSPS) is 47.8. The second-order valence-electron chi connectivity index (χ2n) is 5.07. The summed E-state index contributed by atoms with van der Waals surface area (Å²) in [6, 6.07) is 0.505. The van der Waals surface area contributed by atoms with Gasteiger partial charge in [-0.15, -0.1) is 11.6 Å². The van der Waals surface area contributed by atoms with E-state index in [-0.39, 0.29) is 10.8 Å². The van der Waals surface area contributed by atoms with Crippen molar-refractivity contribution in [2.75, 3.05) is 6.54 Å². The predicted octanol–water partition coefficient (Wildman–Crippen LogP) is 2.72. The van der Waals surface area contributed by atoms with Gasteiger partial charge in [-0.05, 0) is 29.7 Å². The second kappa shape index (κ2) is 3.78. The van der Waals surface area contributed by atoms with Crippen molar-refractivity contribution in [2.45, 2.75) is 30.7 Å². The molecule has 0 aromatic carbocycles. The van der Waals surface area contributed by atoms with Gasteiger partial charge in [0.1, 0.15) is 0 Å². The van der Waals surface area contributed by atoms with Crippen molar-refractivity contribution in [2.24, 2.45) is 11.3 Å². The van der Waals surface area contributed by atoms with Gasteiger partial charge in [-0.1, -0.05) is 31.4 Å². The lowest BCUT2D eigenvalue weighted by atomic mass is 9.65. The van der Waals surface area contributed by atoms with E-state index in [9.17, 15) is 4.79 Å². The van der Waals surface area contributed by atoms with Crippen LogP contribution in [0.2, 0.25) is 0 Å². The Labute approximate surface area is 111 Å². The summed E-state index contributed by atoms with van der Waals surface area (Å²) in [5.74, 6) is 0.727. The van der Waals surface area contributed by atoms with Crippen LogP contribution >= 0.6 is 36.9 Å². The molecular weight excluding hydrogens is 308 g/mol. The molecule has 3 aliphatic rings. The standard InChI is InChI=1S/C11H14BrClNOP/c12-6-3-7-8-1-2-11(7,9(13)4-6)10(15)5-14(8)16/h4,7-9H,1-3,5,16H2. The van der Waals surface area contributed by atoms with Gasteiger partial charge in [0.05, 0.1) is 17.3 Å². The number of carbonyl (C=O) groups excluding carboxylic acids is 1. The third-order valence-electron chi connectivity index (χ3n) is 4.49. The van der Waals surface area contributed by atoms with E-state index in [4.69, 9.17) is 11.6 Å². The molecule has 0 aromatic rings. The van der Waals surface area contributed by atoms with Crippen molar-refractivity contribution >= 4 is 42.7 Å². The van der Waals surface area contributed by atoms with Crippen LogP contribution in [0, 0.1) is 11.3 Å². The maximum atomic E-state index is 12.4. The first-order valence-electron chi connectivity index (χ1n) is 5.60. The first-order valence-corrected chi connectivity index (χ1v) is 7.35. The van der Waals surface area contributed by atoms with Gasteiger partial charge in [-0.3, -0.25) is 9.46 Å². The first kappa shape index (κ1) is 11.6. The number of allylic oxidation sites excluding steroid dienone is 2. The van der Waals surface area contributed by atoms with Gasteiger partial charge in [0.2, 0.25) is 0 Å². The van der Waals surface area contributed by atoms with E-state index in [2.05, 4.69) is 30.0 Å². The van der Waals surface area contributed by atoms with Crippen molar-refractivity contribution in [1.29, 1.82) is 0 Å². The van der Waals surface area contributed by atoms with Crippen molar-refractivity contribution in [3.8, 4) is 0 Å². The Morgan fingerprint density at radius 1 is 1.62 bits per heavy atom. The Kier molecular flexibility index (Phi) is 2.75. The van der Waals surface area contributed by atoms with Crippen LogP contribution in [-0.4, -0.2) is 28.4 Å². The van der Waals surface area contributed by atoms with Gasteiger partial charge in [-0.2, -0.15) is 0 Å². The molecule has 5 unspecified atom stereocenters. The average molecular weight is 323 g/mol. The number of carbonyl (C=O) groups is 1. The van der Waals surface area contributed by atoms with Crippen molar-refractivity contribution < 1.29 is 4.79 Å². The van der Waals surface area contributed by atoms with Crippen LogP contribution < -0.4 is 0 Å². The maximum absolute atomic E-state index is 12.4. The molecule has 2 aliphatic carbocycles. The van der Waals surface area contributed by atoms with Crippen LogP contribution in [0.3, 0.4) is 0 Å². The minimum Gasteiger partial charge on any atom is -0.298 e. The molecule has 2 bridgehead atoms. The fraction of sp³-hybridized carbons (Fsp3) is 0.727. The number of rotatable bonds is 0. The van der Waals surface area contributed by atoms with Gasteiger partial charge in [0.25, 0.3) is 0 Å². The van der Waals surface area contributed by atoms with Crippen LogP contribution in [0.5, 0.6) is 0 Å². The molecule has 5 heteroatoms. The third-order valence-corrected chi connectivity index (χ3v) is 6.15. The van der Waals surface area contributed by atoms with E-state index in [0.29, 0.717) is 24.3 Å².